The van der Waals surface area contributed by atoms with Gasteiger partial charge in [0.1, 0.15) is 0 Å². The number of hydrogen-bond acceptors (Lipinski definition) is 1. The van der Waals surface area contributed by atoms with Crippen LogP contribution in [0.15, 0.2) is 11.8 Å². The van der Waals surface area contributed by atoms with Gasteiger partial charge in [-0.15, -0.1) is 0 Å². The molecule has 0 heterocycles. The lowest BCUT2D eigenvalue weighted by atomic mass is 10.0. The minimum absolute atomic E-state index is 0.869. The van der Waals surface area contributed by atoms with Crippen molar-refractivity contribution in [1.29, 1.82) is 0 Å². The summed E-state index contributed by atoms with van der Waals surface area (Å²) >= 11 is 0. The average molecular weight is 211 g/mol. The van der Waals surface area contributed by atoms with E-state index in [2.05, 4.69) is 39.1 Å². The van der Waals surface area contributed by atoms with E-state index in [0.717, 1.165) is 18.9 Å². The zero-order chi connectivity index (χ0) is 11.5. The van der Waals surface area contributed by atoms with Gasteiger partial charge in [0.15, 0.2) is 0 Å². The number of hydrogen-bond donors (Lipinski definition) is 1. The molecule has 0 saturated heterocycles. The molecule has 0 saturated carbocycles. The van der Waals surface area contributed by atoms with Gasteiger partial charge >= 0.3 is 0 Å². The van der Waals surface area contributed by atoms with Crippen molar-refractivity contribution in [2.45, 2.75) is 66.2 Å². The van der Waals surface area contributed by atoms with Crippen LogP contribution < -0.4 is 5.32 Å². The third kappa shape index (κ3) is 9.84. The van der Waals surface area contributed by atoms with Crippen LogP contribution in [0.2, 0.25) is 0 Å². The Morgan fingerprint density at radius 2 is 1.87 bits per heavy atom. The first-order chi connectivity index (χ1) is 7.20. The van der Waals surface area contributed by atoms with E-state index in [4.69, 9.17) is 0 Å². The summed E-state index contributed by atoms with van der Waals surface area (Å²) in [5.74, 6) is 0.869. The van der Waals surface area contributed by atoms with Gasteiger partial charge in [-0.25, -0.2) is 0 Å². The second-order valence-corrected chi connectivity index (χ2v) is 4.65. The van der Waals surface area contributed by atoms with E-state index in [1.807, 2.05) is 0 Å². The molecule has 90 valence electrons. The molecule has 0 aliphatic rings. The van der Waals surface area contributed by atoms with Gasteiger partial charge in [0.25, 0.3) is 0 Å². The molecule has 15 heavy (non-hydrogen) atoms. The Kier molecular flexibility index (Phi) is 9.76. The van der Waals surface area contributed by atoms with Crippen LogP contribution in [-0.4, -0.2) is 6.54 Å². The molecule has 1 heteroatoms. The van der Waals surface area contributed by atoms with Crippen LogP contribution in [-0.2, 0) is 0 Å². The van der Waals surface area contributed by atoms with Gasteiger partial charge in [0.2, 0.25) is 0 Å². The summed E-state index contributed by atoms with van der Waals surface area (Å²) in [5, 5.41) is 3.40. The average Bonchev–Trinajstić information content (AvgIpc) is 2.21. The summed E-state index contributed by atoms with van der Waals surface area (Å²) in [4.78, 5) is 0. The van der Waals surface area contributed by atoms with Gasteiger partial charge in [-0.05, 0) is 32.1 Å². The van der Waals surface area contributed by atoms with E-state index in [9.17, 15) is 0 Å². The molecule has 0 fully saturated rings. The fourth-order valence-electron chi connectivity index (χ4n) is 1.72. The van der Waals surface area contributed by atoms with E-state index in [1.165, 1.54) is 37.8 Å². The predicted molar refractivity (Wildman–Crippen MR) is 70.0 cm³/mol. The van der Waals surface area contributed by atoms with Gasteiger partial charge in [0, 0.05) is 12.2 Å². The molecule has 0 aromatic carbocycles. The highest BCUT2D eigenvalue weighted by Gasteiger charge is 1.94. The first kappa shape index (κ1) is 14.5. The summed E-state index contributed by atoms with van der Waals surface area (Å²) < 4.78 is 0. The zero-order valence-electron chi connectivity index (χ0n) is 11.1. The van der Waals surface area contributed by atoms with Crippen molar-refractivity contribution in [3.8, 4) is 0 Å². The standard InChI is InChI=1S/C14H29N/c1-5-14(15-6-2)12-10-8-7-9-11-13(3)4/h12-13,15H,5-11H2,1-4H3/b14-12+. The molecule has 0 rings (SSSR count). The Balaban J connectivity index is 3.41. The van der Waals surface area contributed by atoms with E-state index in [0.29, 0.717) is 0 Å². The van der Waals surface area contributed by atoms with E-state index < -0.39 is 0 Å². The zero-order valence-corrected chi connectivity index (χ0v) is 11.1. The number of allylic oxidation sites excluding steroid dienone is 2. The topological polar surface area (TPSA) is 12.0 Å². The summed E-state index contributed by atoms with van der Waals surface area (Å²) in [5.41, 5.74) is 1.42. The Hall–Kier alpha value is -0.460. The van der Waals surface area contributed by atoms with Crippen molar-refractivity contribution >= 4 is 0 Å². The maximum Gasteiger partial charge on any atom is 0.0115 e. The molecule has 0 aromatic heterocycles. The lowest BCUT2D eigenvalue weighted by Gasteiger charge is -2.06. The van der Waals surface area contributed by atoms with Gasteiger partial charge in [-0.3, -0.25) is 0 Å². The lowest BCUT2D eigenvalue weighted by molar-refractivity contribution is 0.528. The molecule has 0 aliphatic heterocycles. The van der Waals surface area contributed by atoms with Crippen LogP contribution in [0.25, 0.3) is 0 Å². The van der Waals surface area contributed by atoms with E-state index in [1.54, 1.807) is 0 Å². The molecule has 0 unspecified atom stereocenters. The maximum atomic E-state index is 3.40. The summed E-state index contributed by atoms with van der Waals surface area (Å²) in [6.07, 6.45) is 10.3. The molecule has 1 nitrogen and oxygen atoms in total. The van der Waals surface area contributed by atoms with Crippen molar-refractivity contribution in [3.05, 3.63) is 11.8 Å². The summed E-state index contributed by atoms with van der Waals surface area (Å²) in [6, 6.07) is 0. The van der Waals surface area contributed by atoms with Crippen molar-refractivity contribution in [1.82, 2.24) is 5.32 Å². The van der Waals surface area contributed by atoms with Gasteiger partial charge in [0.05, 0.1) is 0 Å². The monoisotopic (exact) mass is 211 g/mol. The summed E-state index contributed by atoms with van der Waals surface area (Å²) in [7, 11) is 0. The normalized spacial score (nSPS) is 12.2. The first-order valence-corrected chi connectivity index (χ1v) is 6.63. The molecule has 1 N–H and O–H groups in total. The second kappa shape index (κ2) is 10.1. The SMILES string of the molecule is CCN/C(=C/CCCCCC(C)C)CC. The van der Waals surface area contributed by atoms with Crippen molar-refractivity contribution in [3.63, 3.8) is 0 Å². The highest BCUT2D eigenvalue weighted by molar-refractivity contribution is 4.98. The number of nitrogens with one attached hydrogen (secondary N) is 1. The molecule has 0 aromatic rings. The molecule has 0 bridgehead atoms. The van der Waals surface area contributed by atoms with Crippen LogP contribution in [0.1, 0.15) is 66.2 Å². The minimum Gasteiger partial charge on any atom is -0.389 e. The molecular formula is C14H29N. The highest BCUT2D eigenvalue weighted by atomic mass is 14.9. The molecule has 0 aliphatic carbocycles. The molecule has 0 radical (unpaired) electrons. The Labute approximate surface area is 96.3 Å². The van der Waals surface area contributed by atoms with Crippen molar-refractivity contribution in [2.24, 2.45) is 5.92 Å². The minimum atomic E-state index is 0.869. The first-order valence-electron chi connectivity index (χ1n) is 6.63. The van der Waals surface area contributed by atoms with Crippen LogP contribution in [0.5, 0.6) is 0 Å². The molecule has 0 spiro atoms. The fraction of sp³-hybridized carbons (Fsp3) is 0.857. The third-order valence-electron chi connectivity index (χ3n) is 2.66. The Bertz CT molecular complexity index is 159. The Morgan fingerprint density at radius 3 is 2.40 bits per heavy atom. The quantitative estimate of drug-likeness (QED) is 0.554. The fourth-order valence-corrected chi connectivity index (χ4v) is 1.72. The van der Waals surface area contributed by atoms with Gasteiger partial charge in [-0.2, -0.15) is 0 Å². The Morgan fingerprint density at radius 1 is 1.13 bits per heavy atom. The molecule has 0 amide bonds. The van der Waals surface area contributed by atoms with E-state index >= 15 is 0 Å². The lowest BCUT2D eigenvalue weighted by Crippen LogP contribution is -2.11. The molecular weight excluding hydrogens is 182 g/mol. The van der Waals surface area contributed by atoms with E-state index in [-0.39, 0.29) is 0 Å². The predicted octanol–water partition coefficient (Wildman–Crippen LogP) is 4.50. The van der Waals surface area contributed by atoms with Crippen LogP contribution >= 0.6 is 0 Å². The maximum absolute atomic E-state index is 3.40. The number of rotatable bonds is 9. The second-order valence-electron chi connectivity index (χ2n) is 4.65. The van der Waals surface area contributed by atoms with Gasteiger partial charge < -0.3 is 5.32 Å². The van der Waals surface area contributed by atoms with Crippen LogP contribution in [0.3, 0.4) is 0 Å². The smallest absolute Gasteiger partial charge is 0.0115 e. The van der Waals surface area contributed by atoms with Crippen molar-refractivity contribution < 1.29 is 0 Å². The van der Waals surface area contributed by atoms with Crippen LogP contribution in [0, 0.1) is 5.92 Å². The largest absolute Gasteiger partial charge is 0.389 e. The van der Waals surface area contributed by atoms with Gasteiger partial charge in [-0.1, -0.05) is 46.1 Å². The third-order valence-corrected chi connectivity index (χ3v) is 2.66. The summed E-state index contributed by atoms with van der Waals surface area (Å²) in [6.45, 7) is 10.0. The number of unbranched alkanes of at least 4 members (excludes halogenated alkanes) is 3. The molecule has 0 atom stereocenters. The van der Waals surface area contributed by atoms with Crippen molar-refractivity contribution in [2.75, 3.05) is 6.54 Å². The highest BCUT2D eigenvalue weighted by Crippen LogP contribution is 2.10. The van der Waals surface area contributed by atoms with Crippen LogP contribution in [0.4, 0.5) is 0 Å².